The van der Waals surface area contributed by atoms with Crippen LogP contribution in [0.15, 0.2) is 66.7 Å². The van der Waals surface area contributed by atoms with Crippen LogP contribution < -0.4 is 4.90 Å². The number of nitro groups is 1. The molecule has 3 aromatic rings. The smallest absolute Gasteiger partial charge is 0.269 e. The topological polar surface area (TPSA) is 97.6 Å². The van der Waals surface area contributed by atoms with Crippen molar-refractivity contribution < 1.29 is 19.3 Å². The number of imide groups is 1. The van der Waals surface area contributed by atoms with Crippen molar-refractivity contribution in [3.05, 3.63) is 103 Å². The average molecular weight is 498 g/mol. The van der Waals surface area contributed by atoms with Crippen molar-refractivity contribution in [1.82, 2.24) is 0 Å². The van der Waals surface area contributed by atoms with Crippen LogP contribution in [0.5, 0.6) is 0 Å². The van der Waals surface area contributed by atoms with Gasteiger partial charge in [0, 0.05) is 26.8 Å². The maximum absolute atomic E-state index is 12.8. The number of anilines is 1. The molecule has 7 nitrogen and oxygen atoms in total. The summed E-state index contributed by atoms with van der Waals surface area (Å²) in [6.45, 7) is 0. The fraction of sp³-hybridized carbons (Fsp3) is 0. The summed E-state index contributed by atoms with van der Waals surface area (Å²) in [5, 5.41) is 10.8. The molecular weight excluding hydrogens is 487 g/mol. The summed E-state index contributed by atoms with van der Waals surface area (Å²) < 4.78 is 0.971. The molecule has 0 saturated heterocycles. The summed E-state index contributed by atoms with van der Waals surface area (Å²) in [7, 11) is 0. The molecule has 0 atom stereocenters. The van der Waals surface area contributed by atoms with Gasteiger partial charge < -0.3 is 0 Å². The van der Waals surface area contributed by atoms with E-state index in [0.29, 0.717) is 5.69 Å². The third kappa shape index (κ3) is 3.31. The van der Waals surface area contributed by atoms with Gasteiger partial charge in [0.05, 0.1) is 21.7 Å². The van der Waals surface area contributed by atoms with Gasteiger partial charge in [0.2, 0.25) is 0 Å². The van der Waals surface area contributed by atoms with Crippen molar-refractivity contribution in [2.24, 2.45) is 0 Å². The minimum Gasteiger partial charge on any atom is -0.289 e. The molecule has 0 spiro atoms. The zero-order valence-corrected chi connectivity index (χ0v) is 16.8. The van der Waals surface area contributed by atoms with Gasteiger partial charge in [-0.25, -0.2) is 4.90 Å². The van der Waals surface area contributed by atoms with Crippen molar-refractivity contribution in [2.75, 3.05) is 4.90 Å². The second-order valence-electron chi connectivity index (χ2n) is 6.32. The lowest BCUT2D eigenvalue weighted by atomic mass is 9.99. The number of hydrogen-bond acceptors (Lipinski definition) is 5. The van der Waals surface area contributed by atoms with Crippen molar-refractivity contribution in [2.45, 2.75) is 0 Å². The molecule has 0 unspecified atom stereocenters. The van der Waals surface area contributed by atoms with Gasteiger partial charge in [-0.15, -0.1) is 0 Å². The molecule has 0 saturated carbocycles. The predicted octanol–water partition coefficient (Wildman–Crippen LogP) is 4.23. The number of halogens is 1. The highest BCUT2D eigenvalue weighted by molar-refractivity contribution is 14.1. The fourth-order valence-electron chi connectivity index (χ4n) is 3.11. The van der Waals surface area contributed by atoms with E-state index in [4.69, 9.17) is 0 Å². The second-order valence-corrected chi connectivity index (χ2v) is 7.56. The van der Waals surface area contributed by atoms with Crippen molar-refractivity contribution in [1.29, 1.82) is 0 Å². The van der Waals surface area contributed by atoms with E-state index < -0.39 is 22.5 Å². The Morgan fingerprint density at radius 1 is 0.828 bits per heavy atom. The van der Waals surface area contributed by atoms with Gasteiger partial charge in [0.1, 0.15) is 0 Å². The van der Waals surface area contributed by atoms with E-state index >= 15 is 0 Å². The van der Waals surface area contributed by atoms with Crippen LogP contribution in [0.4, 0.5) is 11.4 Å². The van der Waals surface area contributed by atoms with E-state index in [2.05, 4.69) is 22.6 Å². The van der Waals surface area contributed by atoms with E-state index in [-0.39, 0.29) is 27.9 Å². The van der Waals surface area contributed by atoms with Crippen LogP contribution in [0.25, 0.3) is 0 Å². The fourth-order valence-corrected chi connectivity index (χ4v) is 3.47. The Labute approximate surface area is 178 Å². The van der Waals surface area contributed by atoms with Gasteiger partial charge in [0.25, 0.3) is 17.5 Å². The molecule has 1 heterocycles. The quantitative estimate of drug-likeness (QED) is 0.176. The number of nitro benzene ring substituents is 1. The van der Waals surface area contributed by atoms with E-state index in [1.165, 1.54) is 42.5 Å². The molecule has 2 amide bonds. The summed E-state index contributed by atoms with van der Waals surface area (Å²) in [4.78, 5) is 49.6. The molecule has 1 aliphatic heterocycles. The maximum atomic E-state index is 12.8. The number of ketones is 1. The SMILES string of the molecule is O=C(c1ccc([N+](=O)[O-])cc1)c1ccc2c(c1)C(=O)N(c1ccc(I)cc1)C2=O. The normalized spacial score (nSPS) is 12.8. The van der Waals surface area contributed by atoms with E-state index in [0.717, 1.165) is 8.47 Å². The van der Waals surface area contributed by atoms with Gasteiger partial charge in [0.15, 0.2) is 5.78 Å². The molecule has 142 valence electrons. The van der Waals surface area contributed by atoms with Crippen molar-refractivity contribution in [3.63, 3.8) is 0 Å². The Hall–Kier alpha value is -3.40. The first-order valence-electron chi connectivity index (χ1n) is 8.44. The van der Waals surface area contributed by atoms with Gasteiger partial charge >= 0.3 is 0 Å². The van der Waals surface area contributed by atoms with Crippen LogP contribution in [0.1, 0.15) is 36.6 Å². The first kappa shape index (κ1) is 18.9. The molecule has 0 N–H and O–H groups in total. The lowest BCUT2D eigenvalue weighted by molar-refractivity contribution is -0.384. The van der Waals surface area contributed by atoms with Crippen LogP contribution in [-0.2, 0) is 0 Å². The zero-order valence-electron chi connectivity index (χ0n) is 14.7. The lowest BCUT2D eigenvalue weighted by Crippen LogP contribution is -2.29. The average Bonchev–Trinajstić information content (AvgIpc) is 2.98. The molecule has 29 heavy (non-hydrogen) atoms. The second kappa shape index (κ2) is 7.21. The van der Waals surface area contributed by atoms with E-state index in [1.54, 1.807) is 24.3 Å². The first-order valence-corrected chi connectivity index (χ1v) is 9.52. The summed E-state index contributed by atoms with van der Waals surface area (Å²) in [6, 6.07) is 16.5. The van der Waals surface area contributed by atoms with Crippen LogP contribution in [0.2, 0.25) is 0 Å². The van der Waals surface area contributed by atoms with Crippen LogP contribution in [-0.4, -0.2) is 22.5 Å². The number of benzene rings is 3. The van der Waals surface area contributed by atoms with Gasteiger partial charge in [-0.2, -0.15) is 0 Å². The Morgan fingerprint density at radius 3 is 2.03 bits per heavy atom. The number of amides is 2. The Morgan fingerprint density at radius 2 is 1.41 bits per heavy atom. The zero-order chi connectivity index (χ0) is 20.7. The minimum absolute atomic E-state index is 0.121. The molecule has 1 aliphatic rings. The highest BCUT2D eigenvalue weighted by atomic mass is 127. The standard InChI is InChI=1S/C21H11IN2O5/c22-14-4-8-15(9-5-14)23-20(26)17-10-3-13(11-18(17)21(23)27)19(25)12-1-6-16(7-2-12)24(28)29/h1-11H. The summed E-state index contributed by atoms with van der Waals surface area (Å²) in [5.74, 6) is -1.33. The molecule has 0 aliphatic carbocycles. The summed E-state index contributed by atoms with van der Waals surface area (Å²) >= 11 is 2.13. The molecule has 0 radical (unpaired) electrons. The minimum atomic E-state index is -0.548. The van der Waals surface area contributed by atoms with Crippen LogP contribution in [0.3, 0.4) is 0 Å². The van der Waals surface area contributed by atoms with E-state index in [1.807, 2.05) is 0 Å². The molecular formula is C21H11IN2O5. The number of carbonyl (C=O) groups is 3. The Bertz CT molecular complexity index is 1190. The van der Waals surface area contributed by atoms with Crippen LogP contribution in [0, 0.1) is 13.7 Å². The van der Waals surface area contributed by atoms with Crippen LogP contribution >= 0.6 is 22.6 Å². The number of carbonyl (C=O) groups excluding carboxylic acids is 3. The third-order valence-electron chi connectivity index (χ3n) is 4.57. The molecule has 0 bridgehead atoms. The van der Waals surface area contributed by atoms with E-state index in [9.17, 15) is 24.5 Å². The number of fused-ring (bicyclic) bond motifs is 1. The Kier molecular flexibility index (Phi) is 4.71. The van der Waals surface area contributed by atoms with Gasteiger partial charge in [-0.1, -0.05) is 6.07 Å². The lowest BCUT2D eigenvalue weighted by Gasteiger charge is -2.13. The van der Waals surface area contributed by atoms with Gasteiger partial charge in [-0.05, 0) is 71.1 Å². The molecule has 3 aromatic carbocycles. The number of rotatable bonds is 4. The van der Waals surface area contributed by atoms with Crippen molar-refractivity contribution >= 4 is 51.6 Å². The largest absolute Gasteiger partial charge is 0.289 e. The maximum Gasteiger partial charge on any atom is 0.269 e. The Balaban J connectivity index is 1.67. The molecule has 0 aromatic heterocycles. The molecule has 0 fully saturated rings. The monoisotopic (exact) mass is 498 g/mol. The number of non-ortho nitro benzene ring substituents is 1. The highest BCUT2D eigenvalue weighted by Crippen LogP contribution is 2.30. The first-order chi connectivity index (χ1) is 13.9. The molecule has 8 heteroatoms. The van der Waals surface area contributed by atoms with Gasteiger partial charge in [-0.3, -0.25) is 24.5 Å². The summed E-state index contributed by atoms with van der Waals surface area (Å²) in [5.41, 5.74) is 1.20. The molecule has 4 rings (SSSR count). The number of nitrogens with zero attached hydrogens (tertiary/aromatic N) is 2. The third-order valence-corrected chi connectivity index (χ3v) is 5.29. The summed E-state index contributed by atoms with van der Waals surface area (Å²) in [6.07, 6.45) is 0. The van der Waals surface area contributed by atoms with Crippen molar-refractivity contribution in [3.8, 4) is 0 Å². The highest BCUT2D eigenvalue weighted by Gasteiger charge is 2.37. The number of hydrogen-bond donors (Lipinski definition) is 0. The predicted molar refractivity (Wildman–Crippen MR) is 113 cm³/mol.